The molecule has 1 heterocycles. The Morgan fingerprint density at radius 3 is 3.00 bits per heavy atom. The average molecular weight is 171 g/mol. The summed E-state index contributed by atoms with van der Waals surface area (Å²) in [6.45, 7) is 5.15. The zero-order valence-electron chi connectivity index (χ0n) is 7.24. The molecule has 5 nitrogen and oxygen atoms in total. The van der Waals surface area contributed by atoms with E-state index in [0.29, 0.717) is 12.4 Å². The molecule has 0 aliphatic carbocycles. The van der Waals surface area contributed by atoms with Gasteiger partial charge in [0.2, 0.25) is 5.88 Å². The standard InChI is InChI=1S/C7H13N3O2/c1-3-8-6-5-10(11)7(12-6)9-4-2/h5,8,11H,3-4H2,1-2H3. The topological polar surface area (TPSA) is 62.7 Å². The van der Waals surface area contributed by atoms with Gasteiger partial charge in [-0.1, -0.05) is 0 Å². The van der Waals surface area contributed by atoms with Gasteiger partial charge in [0, 0.05) is 13.1 Å². The van der Waals surface area contributed by atoms with Gasteiger partial charge in [0.1, 0.15) is 6.20 Å². The van der Waals surface area contributed by atoms with Crippen LogP contribution in [0.2, 0.25) is 0 Å². The van der Waals surface area contributed by atoms with E-state index in [1.54, 1.807) is 0 Å². The molecule has 68 valence electrons. The number of rotatable bonds is 3. The highest BCUT2D eigenvalue weighted by molar-refractivity contribution is 5.25. The highest BCUT2D eigenvalue weighted by atomic mass is 16.5. The second kappa shape index (κ2) is 3.85. The molecule has 0 fully saturated rings. The predicted molar refractivity (Wildman–Crippen MR) is 44.2 cm³/mol. The van der Waals surface area contributed by atoms with Gasteiger partial charge < -0.3 is 14.9 Å². The first-order valence-corrected chi connectivity index (χ1v) is 3.94. The molecule has 1 aromatic rings. The second-order valence-corrected chi connectivity index (χ2v) is 2.23. The van der Waals surface area contributed by atoms with Crippen molar-refractivity contribution in [3.05, 3.63) is 11.9 Å². The van der Waals surface area contributed by atoms with E-state index in [9.17, 15) is 5.21 Å². The Bertz CT molecular complexity index is 300. The van der Waals surface area contributed by atoms with Crippen LogP contribution in [0, 0.1) is 0 Å². The lowest BCUT2D eigenvalue weighted by Crippen LogP contribution is -2.12. The maximum absolute atomic E-state index is 9.18. The van der Waals surface area contributed by atoms with Crippen LogP contribution >= 0.6 is 0 Å². The van der Waals surface area contributed by atoms with Gasteiger partial charge >= 0.3 is 5.68 Å². The lowest BCUT2D eigenvalue weighted by Gasteiger charge is -1.91. The SMILES string of the molecule is CCN=c1oc(NCC)cn1O. The van der Waals surface area contributed by atoms with E-state index in [1.165, 1.54) is 6.20 Å². The molecule has 0 aliphatic heterocycles. The van der Waals surface area contributed by atoms with Crippen molar-refractivity contribution in [1.82, 2.24) is 4.73 Å². The molecular weight excluding hydrogens is 158 g/mol. The highest BCUT2D eigenvalue weighted by Crippen LogP contribution is 2.00. The van der Waals surface area contributed by atoms with Crippen LogP contribution in [-0.2, 0) is 0 Å². The van der Waals surface area contributed by atoms with Crippen molar-refractivity contribution in [2.45, 2.75) is 13.8 Å². The minimum Gasteiger partial charge on any atom is -0.424 e. The highest BCUT2D eigenvalue weighted by Gasteiger charge is 1.99. The smallest absolute Gasteiger partial charge is 0.332 e. The summed E-state index contributed by atoms with van der Waals surface area (Å²) in [4.78, 5) is 3.92. The summed E-state index contributed by atoms with van der Waals surface area (Å²) in [6.07, 6.45) is 1.44. The molecule has 0 aliphatic rings. The Kier molecular flexibility index (Phi) is 2.79. The molecule has 5 heteroatoms. The molecule has 0 saturated heterocycles. The zero-order chi connectivity index (χ0) is 8.97. The van der Waals surface area contributed by atoms with Crippen molar-refractivity contribution in [3.8, 4) is 0 Å². The largest absolute Gasteiger partial charge is 0.424 e. The normalized spacial score (nSPS) is 12.0. The van der Waals surface area contributed by atoms with Crippen LogP contribution in [0.1, 0.15) is 13.8 Å². The van der Waals surface area contributed by atoms with Gasteiger partial charge in [-0.15, -0.1) is 4.73 Å². The molecule has 0 spiro atoms. The molecule has 0 amide bonds. The third kappa shape index (κ3) is 1.81. The molecule has 2 N–H and O–H groups in total. The predicted octanol–water partition coefficient (Wildman–Crippen LogP) is 0.671. The lowest BCUT2D eigenvalue weighted by molar-refractivity contribution is 0.156. The summed E-state index contributed by atoms with van der Waals surface area (Å²) in [6, 6.07) is 0. The van der Waals surface area contributed by atoms with Gasteiger partial charge in [-0.2, -0.15) is 0 Å². The average Bonchev–Trinajstić information content (AvgIpc) is 2.34. The van der Waals surface area contributed by atoms with Crippen LogP contribution in [0.3, 0.4) is 0 Å². The molecule has 0 saturated carbocycles. The third-order valence-electron chi connectivity index (χ3n) is 1.28. The van der Waals surface area contributed by atoms with Gasteiger partial charge in [-0.05, 0) is 13.8 Å². The van der Waals surface area contributed by atoms with Crippen molar-refractivity contribution in [2.24, 2.45) is 4.99 Å². The summed E-state index contributed by atoms with van der Waals surface area (Å²) < 4.78 is 5.99. The molecule has 0 radical (unpaired) electrons. The summed E-state index contributed by atoms with van der Waals surface area (Å²) >= 11 is 0. The number of oxazole rings is 1. The number of nitrogens with zero attached hydrogens (tertiary/aromatic N) is 2. The van der Waals surface area contributed by atoms with E-state index in [1.807, 2.05) is 13.8 Å². The first-order chi connectivity index (χ1) is 5.77. The van der Waals surface area contributed by atoms with Crippen LogP contribution in [0.25, 0.3) is 0 Å². The lowest BCUT2D eigenvalue weighted by atomic mass is 10.7. The van der Waals surface area contributed by atoms with Crippen molar-refractivity contribution in [2.75, 3.05) is 18.4 Å². The van der Waals surface area contributed by atoms with Gasteiger partial charge in [-0.3, -0.25) is 0 Å². The number of hydrogen-bond acceptors (Lipinski definition) is 4. The fourth-order valence-electron chi connectivity index (χ4n) is 0.834. The second-order valence-electron chi connectivity index (χ2n) is 2.23. The number of hydrogen-bond donors (Lipinski definition) is 2. The van der Waals surface area contributed by atoms with Crippen molar-refractivity contribution in [1.29, 1.82) is 0 Å². The van der Waals surface area contributed by atoms with E-state index < -0.39 is 0 Å². The van der Waals surface area contributed by atoms with Gasteiger partial charge in [-0.25, -0.2) is 4.99 Å². The fraction of sp³-hybridized carbons (Fsp3) is 0.571. The van der Waals surface area contributed by atoms with Crippen LogP contribution in [-0.4, -0.2) is 23.0 Å². The number of aromatic nitrogens is 1. The van der Waals surface area contributed by atoms with Crippen LogP contribution < -0.4 is 11.0 Å². The minimum absolute atomic E-state index is 0.216. The van der Waals surface area contributed by atoms with E-state index in [-0.39, 0.29) is 5.68 Å². The molecule has 12 heavy (non-hydrogen) atoms. The number of anilines is 1. The van der Waals surface area contributed by atoms with E-state index >= 15 is 0 Å². The Hall–Kier alpha value is -1.39. The maximum Gasteiger partial charge on any atom is 0.332 e. The summed E-state index contributed by atoms with van der Waals surface area (Å²) in [7, 11) is 0. The molecule has 0 bridgehead atoms. The summed E-state index contributed by atoms with van der Waals surface area (Å²) in [5.41, 5.74) is 0.216. The quantitative estimate of drug-likeness (QED) is 0.657. The molecule has 1 rings (SSSR count). The minimum atomic E-state index is 0.216. The van der Waals surface area contributed by atoms with E-state index in [0.717, 1.165) is 11.3 Å². The summed E-state index contributed by atoms with van der Waals surface area (Å²) in [5, 5.41) is 12.1. The Balaban J connectivity index is 2.92. The Morgan fingerprint density at radius 1 is 1.67 bits per heavy atom. The fourth-order valence-corrected chi connectivity index (χ4v) is 0.834. The van der Waals surface area contributed by atoms with Crippen molar-refractivity contribution >= 4 is 5.88 Å². The Labute approximate surface area is 70.3 Å². The van der Waals surface area contributed by atoms with Crippen LogP contribution in [0.4, 0.5) is 5.88 Å². The summed E-state index contributed by atoms with van der Waals surface area (Å²) in [5.74, 6) is 0.521. The third-order valence-corrected chi connectivity index (χ3v) is 1.28. The molecule has 0 unspecified atom stereocenters. The van der Waals surface area contributed by atoms with Gasteiger partial charge in [0.15, 0.2) is 0 Å². The number of nitrogens with one attached hydrogen (secondary N) is 1. The van der Waals surface area contributed by atoms with Gasteiger partial charge in [0.25, 0.3) is 0 Å². The molecule has 0 aromatic carbocycles. The van der Waals surface area contributed by atoms with Crippen LogP contribution in [0.15, 0.2) is 15.6 Å². The maximum atomic E-state index is 9.18. The van der Waals surface area contributed by atoms with E-state index in [4.69, 9.17) is 4.42 Å². The molecule has 0 atom stereocenters. The van der Waals surface area contributed by atoms with Crippen molar-refractivity contribution < 1.29 is 9.62 Å². The zero-order valence-corrected chi connectivity index (χ0v) is 7.24. The Morgan fingerprint density at radius 2 is 2.42 bits per heavy atom. The first-order valence-electron chi connectivity index (χ1n) is 3.94. The monoisotopic (exact) mass is 171 g/mol. The molecule has 1 aromatic heterocycles. The van der Waals surface area contributed by atoms with Crippen LogP contribution in [0.5, 0.6) is 0 Å². The van der Waals surface area contributed by atoms with E-state index in [2.05, 4.69) is 10.3 Å². The van der Waals surface area contributed by atoms with Crippen molar-refractivity contribution in [3.63, 3.8) is 0 Å². The van der Waals surface area contributed by atoms with Gasteiger partial charge in [0.05, 0.1) is 0 Å². The molecular formula is C7H13N3O2. The first kappa shape index (κ1) is 8.70.